The monoisotopic (exact) mass is 273 g/mol. The molecule has 1 atom stereocenters. The molecule has 0 aliphatic heterocycles. The maximum Gasteiger partial charge on any atom is 0.325 e. The first kappa shape index (κ1) is 14.2. The predicted molar refractivity (Wildman–Crippen MR) is 74.8 cm³/mol. The van der Waals surface area contributed by atoms with Crippen LogP contribution in [0.4, 0.5) is 4.39 Å². The van der Waals surface area contributed by atoms with Gasteiger partial charge in [-0.1, -0.05) is 42.0 Å². The molecule has 2 aromatic carbocycles. The van der Waals surface area contributed by atoms with Crippen molar-refractivity contribution < 1.29 is 14.3 Å². The zero-order valence-corrected chi connectivity index (χ0v) is 11.1. The lowest BCUT2D eigenvalue weighted by Crippen LogP contribution is -2.28. The standard InChI is InChI=1S/C16H16FNO2/c1-11-2-6-13(7-3-11)15(16(19)20)18-10-12-4-8-14(17)9-5-12/h2-9,15,18H,10H2,1H3,(H,19,20). The fraction of sp³-hybridized carbons (Fsp3) is 0.188. The fourth-order valence-electron chi connectivity index (χ4n) is 1.93. The van der Waals surface area contributed by atoms with E-state index in [1.807, 2.05) is 19.1 Å². The number of aryl methyl sites for hydroxylation is 1. The van der Waals surface area contributed by atoms with Gasteiger partial charge in [0.15, 0.2) is 0 Å². The van der Waals surface area contributed by atoms with Gasteiger partial charge in [-0.2, -0.15) is 0 Å². The van der Waals surface area contributed by atoms with E-state index in [9.17, 15) is 14.3 Å². The molecule has 4 heteroatoms. The van der Waals surface area contributed by atoms with Crippen LogP contribution in [0, 0.1) is 12.7 Å². The molecule has 0 bridgehead atoms. The Morgan fingerprint density at radius 2 is 1.75 bits per heavy atom. The maximum atomic E-state index is 12.8. The first-order chi connectivity index (χ1) is 9.56. The lowest BCUT2D eigenvalue weighted by atomic mass is 10.0. The average Bonchev–Trinajstić information content (AvgIpc) is 2.43. The van der Waals surface area contributed by atoms with Gasteiger partial charge < -0.3 is 5.11 Å². The van der Waals surface area contributed by atoms with Gasteiger partial charge in [-0.3, -0.25) is 10.1 Å². The molecule has 2 N–H and O–H groups in total. The Morgan fingerprint density at radius 3 is 2.30 bits per heavy atom. The number of carbonyl (C=O) groups is 1. The van der Waals surface area contributed by atoms with Crippen LogP contribution in [0.3, 0.4) is 0 Å². The quantitative estimate of drug-likeness (QED) is 0.880. The summed E-state index contributed by atoms with van der Waals surface area (Å²) in [4.78, 5) is 11.3. The van der Waals surface area contributed by atoms with Crippen molar-refractivity contribution in [3.8, 4) is 0 Å². The van der Waals surface area contributed by atoms with Crippen LogP contribution in [0.1, 0.15) is 22.7 Å². The highest BCUT2D eigenvalue weighted by Crippen LogP contribution is 2.15. The molecular formula is C16H16FNO2. The molecule has 0 saturated heterocycles. The number of aliphatic carboxylic acids is 1. The van der Waals surface area contributed by atoms with Crippen LogP contribution in [0.2, 0.25) is 0 Å². The average molecular weight is 273 g/mol. The number of carboxylic acids is 1. The van der Waals surface area contributed by atoms with Crippen LogP contribution < -0.4 is 5.32 Å². The van der Waals surface area contributed by atoms with Crippen LogP contribution in [-0.4, -0.2) is 11.1 Å². The van der Waals surface area contributed by atoms with E-state index in [4.69, 9.17) is 0 Å². The largest absolute Gasteiger partial charge is 0.480 e. The summed E-state index contributed by atoms with van der Waals surface area (Å²) in [6, 6.07) is 12.6. The molecule has 2 aromatic rings. The molecule has 0 aromatic heterocycles. The van der Waals surface area contributed by atoms with Crippen LogP contribution in [0.15, 0.2) is 48.5 Å². The molecule has 0 aliphatic carbocycles. The van der Waals surface area contributed by atoms with E-state index in [-0.39, 0.29) is 5.82 Å². The topological polar surface area (TPSA) is 49.3 Å². The normalized spacial score (nSPS) is 12.1. The smallest absolute Gasteiger partial charge is 0.325 e. The number of carboxylic acid groups (broad SMARTS) is 1. The third kappa shape index (κ3) is 3.65. The zero-order valence-electron chi connectivity index (χ0n) is 11.1. The lowest BCUT2D eigenvalue weighted by molar-refractivity contribution is -0.139. The van der Waals surface area contributed by atoms with Gasteiger partial charge in [0.05, 0.1) is 0 Å². The molecule has 0 radical (unpaired) electrons. The van der Waals surface area contributed by atoms with Crippen molar-refractivity contribution in [1.82, 2.24) is 5.32 Å². The highest BCUT2D eigenvalue weighted by Gasteiger charge is 2.18. The van der Waals surface area contributed by atoms with E-state index in [1.54, 1.807) is 24.3 Å². The van der Waals surface area contributed by atoms with Gasteiger partial charge in [0.2, 0.25) is 0 Å². The Hall–Kier alpha value is -2.20. The van der Waals surface area contributed by atoms with Gasteiger partial charge in [0, 0.05) is 6.54 Å². The second-order valence-electron chi connectivity index (χ2n) is 4.69. The number of hydrogen-bond donors (Lipinski definition) is 2. The van der Waals surface area contributed by atoms with Gasteiger partial charge in [-0.15, -0.1) is 0 Å². The summed E-state index contributed by atoms with van der Waals surface area (Å²) >= 11 is 0. The molecule has 0 fully saturated rings. The molecule has 0 amide bonds. The van der Waals surface area contributed by atoms with Crippen molar-refractivity contribution in [2.75, 3.05) is 0 Å². The van der Waals surface area contributed by atoms with Crippen molar-refractivity contribution in [3.05, 3.63) is 71.0 Å². The molecular weight excluding hydrogens is 257 g/mol. The predicted octanol–water partition coefficient (Wildman–Crippen LogP) is 3.05. The number of hydrogen-bond acceptors (Lipinski definition) is 2. The summed E-state index contributed by atoms with van der Waals surface area (Å²) in [6.45, 7) is 2.32. The molecule has 0 spiro atoms. The van der Waals surface area contributed by atoms with Crippen LogP contribution in [0.5, 0.6) is 0 Å². The third-order valence-electron chi connectivity index (χ3n) is 3.08. The highest BCUT2D eigenvalue weighted by atomic mass is 19.1. The van der Waals surface area contributed by atoms with Gasteiger partial charge in [0.1, 0.15) is 11.9 Å². The molecule has 3 nitrogen and oxygen atoms in total. The minimum absolute atomic E-state index is 0.304. The Kier molecular flexibility index (Phi) is 4.48. The van der Waals surface area contributed by atoms with Crippen LogP contribution in [-0.2, 0) is 11.3 Å². The first-order valence-electron chi connectivity index (χ1n) is 6.33. The van der Waals surface area contributed by atoms with Gasteiger partial charge in [0.25, 0.3) is 0 Å². The maximum absolute atomic E-state index is 12.8. The van der Waals surface area contributed by atoms with E-state index < -0.39 is 12.0 Å². The van der Waals surface area contributed by atoms with Crippen LogP contribution >= 0.6 is 0 Å². The summed E-state index contributed by atoms with van der Waals surface area (Å²) in [5.41, 5.74) is 2.62. The Bertz CT molecular complexity index is 578. The number of halogens is 1. The Labute approximate surface area is 117 Å². The van der Waals surface area contributed by atoms with Gasteiger partial charge in [-0.25, -0.2) is 4.39 Å². The molecule has 20 heavy (non-hydrogen) atoms. The molecule has 1 unspecified atom stereocenters. The van der Waals surface area contributed by atoms with E-state index in [0.29, 0.717) is 12.1 Å². The Morgan fingerprint density at radius 1 is 1.15 bits per heavy atom. The first-order valence-corrected chi connectivity index (χ1v) is 6.33. The summed E-state index contributed by atoms with van der Waals surface area (Å²) in [5, 5.41) is 12.3. The summed E-state index contributed by atoms with van der Waals surface area (Å²) in [6.07, 6.45) is 0. The minimum atomic E-state index is -0.934. The molecule has 0 saturated carbocycles. The fourth-order valence-corrected chi connectivity index (χ4v) is 1.93. The molecule has 104 valence electrons. The van der Waals surface area contributed by atoms with E-state index in [2.05, 4.69) is 5.32 Å². The summed E-state index contributed by atoms with van der Waals surface area (Å²) < 4.78 is 12.8. The number of nitrogens with one attached hydrogen (secondary N) is 1. The number of benzene rings is 2. The SMILES string of the molecule is Cc1ccc(C(NCc2ccc(F)cc2)C(=O)O)cc1. The molecule has 0 heterocycles. The van der Waals surface area contributed by atoms with E-state index >= 15 is 0 Å². The van der Waals surface area contributed by atoms with Crippen molar-refractivity contribution in [2.24, 2.45) is 0 Å². The second kappa shape index (κ2) is 6.30. The highest BCUT2D eigenvalue weighted by molar-refractivity contribution is 5.75. The minimum Gasteiger partial charge on any atom is -0.480 e. The van der Waals surface area contributed by atoms with Gasteiger partial charge >= 0.3 is 5.97 Å². The van der Waals surface area contributed by atoms with Crippen molar-refractivity contribution in [3.63, 3.8) is 0 Å². The van der Waals surface area contributed by atoms with Crippen molar-refractivity contribution in [2.45, 2.75) is 19.5 Å². The van der Waals surface area contributed by atoms with Crippen LogP contribution in [0.25, 0.3) is 0 Å². The van der Waals surface area contributed by atoms with Crippen molar-refractivity contribution in [1.29, 1.82) is 0 Å². The van der Waals surface area contributed by atoms with Gasteiger partial charge in [-0.05, 0) is 30.2 Å². The summed E-state index contributed by atoms with van der Waals surface area (Å²) in [7, 11) is 0. The molecule has 2 rings (SSSR count). The zero-order chi connectivity index (χ0) is 14.5. The van der Waals surface area contributed by atoms with E-state index in [1.165, 1.54) is 12.1 Å². The number of rotatable bonds is 5. The van der Waals surface area contributed by atoms with Crippen molar-refractivity contribution >= 4 is 5.97 Å². The Balaban J connectivity index is 2.08. The molecule has 0 aliphatic rings. The van der Waals surface area contributed by atoms with E-state index in [0.717, 1.165) is 11.1 Å². The second-order valence-corrected chi connectivity index (χ2v) is 4.69. The summed E-state index contributed by atoms with van der Waals surface area (Å²) in [5.74, 6) is -1.24. The third-order valence-corrected chi connectivity index (χ3v) is 3.08. The lowest BCUT2D eigenvalue weighted by Gasteiger charge is -2.15.